The molecule has 0 saturated carbocycles. The largest absolute Gasteiger partial charge is 0.354 e. The van der Waals surface area contributed by atoms with Crippen molar-refractivity contribution in [1.82, 2.24) is 24.1 Å². The van der Waals surface area contributed by atoms with Crippen LogP contribution in [0.4, 0.5) is 10.2 Å². The molecule has 1 aliphatic rings. The summed E-state index contributed by atoms with van der Waals surface area (Å²) in [6.07, 6.45) is 0. The lowest BCUT2D eigenvalue weighted by molar-refractivity contribution is 0.383. The highest BCUT2D eigenvalue weighted by molar-refractivity contribution is 7.89. The number of piperazine rings is 1. The van der Waals surface area contributed by atoms with Crippen molar-refractivity contribution in [3.63, 3.8) is 0 Å². The van der Waals surface area contributed by atoms with Crippen molar-refractivity contribution in [1.29, 1.82) is 0 Å². The zero-order valence-corrected chi connectivity index (χ0v) is 19.0. The van der Waals surface area contributed by atoms with Crippen LogP contribution in [0.3, 0.4) is 0 Å². The van der Waals surface area contributed by atoms with Gasteiger partial charge in [-0.1, -0.05) is 11.6 Å². The molecule has 0 aliphatic carbocycles. The lowest BCUT2D eigenvalue weighted by Crippen LogP contribution is -2.49. The van der Waals surface area contributed by atoms with Crippen molar-refractivity contribution in [3.8, 4) is 5.82 Å². The predicted molar refractivity (Wildman–Crippen MR) is 116 cm³/mol. The van der Waals surface area contributed by atoms with Gasteiger partial charge in [0.25, 0.3) is 0 Å². The first-order chi connectivity index (χ1) is 14.6. The molecule has 31 heavy (non-hydrogen) atoms. The molecule has 0 spiro atoms. The number of sulfonamides is 1. The quantitative estimate of drug-likeness (QED) is 0.590. The fourth-order valence-corrected chi connectivity index (χ4v) is 5.31. The highest BCUT2D eigenvalue weighted by Gasteiger charge is 2.29. The Morgan fingerprint density at radius 2 is 1.65 bits per heavy atom. The summed E-state index contributed by atoms with van der Waals surface area (Å²) in [4.78, 5) is 11.0. The van der Waals surface area contributed by atoms with Crippen molar-refractivity contribution in [2.75, 3.05) is 31.1 Å². The molecule has 1 aromatic carbocycles. The maximum Gasteiger partial charge on any atom is 0.243 e. The second kappa shape index (κ2) is 8.18. The Morgan fingerprint density at radius 3 is 2.26 bits per heavy atom. The molecule has 0 N–H and O–H groups in total. The van der Waals surface area contributed by atoms with Crippen LogP contribution in [0.2, 0.25) is 5.02 Å². The van der Waals surface area contributed by atoms with Gasteiger partial charge in [-0.05, 0) is 45.0 Å². The summed E-state index contributed by atoms with van der Waals surface area (Å²) in [6, 6.07) is 7.28. The number of hydrogen-bond donors (Lipinski definition) is 0. The third kappa shape index (κ3) is 4.28. The third-order valence-electron chi connectivity index (χ3n) is 5.13. The first kappa shape index (κ1) is 21.7. The van der Waals surface area contributed by atoms with Crippen molar-refractivity contribution in [2.45, 2.75) is 25.7 Å². The lowest BCUT2D eigenvalue weighted by atomic mass is 10.3. The Balaban J connectivity index is 1.54. The maximum absolute atomic E-state index is 13.4. The van der Waals surface area contributed by atoms with Crippen molar-refractivity contribution >= 4 is 27.4 Å². The molecule has 4 rings (SSSR count). The molecule has 0 amide bonds. The second-order valence-corrected chi connectivity index (χ2v) is 9.78. The molecular formula is C20H22ClFN6O2S. The van der Waals surface area contributed by atoms with Gasteiger partial charge < -0.3 is 4.90 Å². The summed E-state index contributed by atoms with van der Waals surface area (Å²) in [5.41, 5.74) is 1.87. The Kier molecular flexibility index (Phi) is 5.71. The Bertz CT molecular complexity index is 1240. The molecule has 2 aromatic heterocycles. The van der Waals surface area contributed by atoms with Crippen molar-refractivity contribution in [2.24, 2.45) is 0 Å². The van der Waals surface area contributed by atoms with E-state index >= 15 is 0 Å². The maximum atomic E-state index is 13.4. The van der Waals surface area contributed by atoms with Gasteiger partial charge >= 0.3 is 0 Å². The van der Waals surface area contributed by atoms with Crippen LogP contribution in [0, 0.1) is 26.6 Å². The molecule has 3 heterocycles. The molecule has 0 bridgehead atoms. The number of aromatic nitrogens is 4. The molecule has 0 atom stereocenters. The Hall–Kier alpha value is -2.56. The van der Waals surface area contributed by atoms with Gasteiger partial charge in [-0.2, -0.15) is 9.40 Å². The molecule has 1 aliphatic heterocycles. The zero-order chi connectivity index (χ0) is 22.3. The van der Waals surface area contributed by atoms with Gasteiger partial charge in [0, 0.05) is 37.9 Å². The minimum atomic E-state index is -3.76. The van der Waals surface area contributed by atoms with Crippen LogP contribution in [-0.4, -0.2) is 58.7 Å². The number of halogens is 2. The zero-order valence-electron chi connectivity index (χ0n) is 17.4. The van der Waals surface area contributed by atoms with Crippen LogP contribution >= 0.6 is 11.6 Å². The van der Waals surface area contributed by atoms with Crippen LogP contribution in [-0.2, 0) is 10.0 Å². The van der Waals surface area contributed by atoms with E-state index in [0.717, 1.165) is 29.3 Å². The van der Waals surface area contributed by atoms with Gasteiger partial charge in [-0.15, -0.1) is 0 Å². The second-order valence-electron chi connectivity index (χ2n) is 7.44. The van der Waals surface area contributed by atoms with Gasteiger partial charge in [0.1, 0.15) is 17.5 Å². The summed E-state index contributed by atoms with van der Waals surface area (Å²) in [7, 11) is -3.76. The van der Waals surface area contributed by atoms with Gasteiger partial charge in [0.2, 0.25) is 10.0 Å². The SMILES string of the molecule is Cc1cc(C)n(-c2cc(N3CCN(S(=O)(=O)c4ccc(F)c(Cl)c4)CC3)nc(C)n2)n1. The normalized spacial score (nSPS) is 15.5. The molecule has 0 unspecified atom stereocenters. The van der Waals surface area contributed by atoms with Crippen LogP contribution in [0.25, 0.3) is 5.82 Å². The number of rotatable bonds is 4. The first-order valence-corrected chi connectivity index (χ1v) is 11.6. The Labute approximate surface area is 185 Å². The molecule has 3 aromatic rings. The highest BCUT2D eigenvalue weighted by Crippen LogP contribution is 2.25. The van der Waals surface area contributed by atoms with E-state index in [4.69, 9.17) is 11.6 Å². The monoisotopic (exact) mass is 464 g/mol. The number of aryl methyl sites for hydroxylation is 3. The Morgan fingerprint density at radius 1 is 0.968 bits per heavy atom. The van der Waals surface area contributed by atoms with Crippen LogP contribution in [0.5, 0.6) is 0 Å². The third-order valence-corrected chi connectivity index (χ3v) is 7.31. The van der Waals surface area contributed by atoms with E-state index < -0.39 is 15.8 Å². The topological polar surface area (TPSA) is 84.2 Å². The summed E-state index contributed by atoms with van der Waals surface area (Å²) >= 11 is 5.77. The van der Waals surface area contributed by atoms with Gasteiger partial charge in [-0.3, -0.25) is 0 Å². The first-order valence-electron chi connectivity index (χ1n) is 9.74. The van der Waals surface area contributed by atoms with Crippen molar-refractivity contribution < 1.29 is 12.8 Å². The average Bonchev–Trinajstić information content (AvgIpc) is 3.07. The van der Waals surface area contributed by atoms with Gasteiger partial charge in [0.05, 0.1) is 15.6 Å². The van der Waals surface area contributed by atoms with Gasteiger partial charge in [0.15, 0.2) is 5.82 Å². The van der Waals surface area contributed by atoms with Crippen molar-refractivity contribution in [3.05, 3.63) is 58.4 Å². The minimum absolute atomic E-state index is 0.0166. The lowest BCUT2D eigenvalue weighted by Gasteiger charge is -2.34. The summed E-state index contributed by atoms with van der Waals surface area (Å²) < 4.78 is 42.4. The van der Waals surface area contributed by atoms with Crippen LogP contribution < -0.4 is 4.90 Å². The summed E-state index contributed by atoms with van der Waals surface area (Å²) in [5, 5.41) is 4.27. The molecule has 11 heteroatoms. The van der Waals surface area contributed by atoms with E-state index in [1.54, 1.807) is 4.68 Å². The summed E-state index contributed by atoms with van der Waals surface area (Å²) in [5.74, 6) is 1.35. The fourth-order valence-electron chi connectivity index (χ4n) is 3.61. The van der Waals surface area contributed by atoms with Gasteiger partial charge in [-0.25, -0.2) is 27.5 Å². The minimum Gasteiger partial charge on any atom is -0.354 e. The molecular weight excluding hydrogens is 443 g/mol. The number of anilines is 1. The van der Waals surface area contributed by atoms with E-state index in [1.165, 1.54) is 10.4 Å². The van der Waals surface area contributed by atoms with Crippen LogP contribution in [0.1, 0.15) is 17.2 Å². The van der Waals surface area contributed by atoms with E-state index in [1.807, 2.05) is 37.8 Å². The molecule has 8 nitrogen and oxygen atoms in total. The van der Waals surface area contributed by atoms with E-state index in [9.17, 15) is 12.8 Å². The average molecular weight is 465 g/mol. The predicted octanol–water partition coefficient (Wildman–Crippen LogP) is 2.89. The number of hydrogen-bond acceptors (Lipinski definition) is 6. The molecule has 164 valence electrons. The molecule has 0 radical (unpaired) electrons. The molecule has 1 fully saturated rings. The fraction of sp³-hybridized carbons (Fsp3) is 0.350. The summed E-state index contributed by atoms with van der Waals surface area (Å²) in [6.45, 7) is 7.17. The van der Waals surface area contributed by atoms with E-state index in [2.05, 4.69) is 15.1 Å². The van der Waals surface area contributed by atoms with E-state index in [-0.39, 0.29) is 23.0 Å². The standard InChI is InChI=1S/C20H22ClFN6O2S/c1-13-10-14(2)28(25-13)20-12-19(23-15(3)24-20)26-6-8-27(9-7-26)31(29,30)16-4-5-18(22)17(21)11-16/h4-5,10-12H,6-9H2,1-3H3. The number of benzene rings is 1. The van der Waals surface area contributed by atoms with E-state index in [0.29, 0.717) is 24.7 Å². The molecule has 1 saturated heterocycles. The number of nitrogens with zero attached hydrogens (tertiary/aromatic N) is 6. The van der Waals surface area contributed by atoms with Crippen LogP contribution in [0.15, 0.2) is 35.2 Å². The smallest absolute Gasteiger partial charge is 0.243 e. The highest BCUT2D eigenvalue weighted by atomic mass is 35.5.